The molecule has 0 atom stereocenters. The topological polar surface area (TPSA) is 41.9 Å². The lowest BCUT2D eigenvalue weighted by atomic mass is 10.1. The van der Waals surface area contributed by atoms with E-state index in [1.807, 2.05) is 30.3 Å². The summed E-state index contributed by atoms with van der Waals surface area (Å²) in [5.74, 6) is 0.451. The molecule has 146 valence electrons. The Labute approximate surface area is 188 Å². The summed E-state index contributed by atoms with van der Waals surface area (Å²) in [5.41, 5.74) is 1.68. The van der Waals surface area contributed by atoms with Crippen molar-refractivity contribution in [3.05, 3.63) is 87.5 Å². The Balaban J connectivity index is 1.50. The molecule has 0 saturated heterocycles. The summed E-state index contributed by atoms with van der Waals surface area (Å²) in [6, 6.07) is 19.4. The Hall–Kier alpha value is -2.31. The Bertz CT molecular complexity index is 1180. The fourth-order valence-electron chi connectivity index (χ4n) is 3.00. The predicted molar refractivity (Wildman–Crippen MR) is 127 cm³/mol. The molecule has 8 heteroatoms. The molecule has 0 bridgehead atoms. The summed E-state index contributed by atoms with van der Waals surface area (Å²) in [4.78, 5) is 0. The maximum absolute atomic E-state index is 6.33. The van der Waals surface area contributed by atoms with Gasteiger partial charge in [-0.1, -0.05) is 77.3 Å². The molecule has 1 heterocycles. The van der Waals surface area contributed by atoms with Crippen molar-refractivity contribution in [2.24, 2.45) is 0 Å². The smallest absolute Gasteiger partial charge is 0.176 e. The van der Waals surface area contributed by atoms with Crippen LogP contribution in [0.4, 0.5) is 11.5 Å². The third kappa shape index (κ3) is 4.49. The Morgan fingerprint density at radius 1 is 0.862 bits per heavy atom. The van der Waals surface area contributed by atoms with Crippen molar-refractivity contribution in [3.8, 4) is 0 Å². The van der Waals surface area contributed by atoms with E-state index in [9.17, 15) is 0 Å². The summed E-state index contributed by atoms with van der Waals surface area (Å²) in [6.07, 6.45) is 1.70. The lowest BCUT2D eigenvalue weighted by molar-refractivity contribution is 0.690. The Kier molecular flexibility index (Phi) is 5.92. The molecule has 4 rings (SSSR count). The number of hydrogen-bond donors (Lipinski definition) is 2. The number of aromatic nitrogens is 2. The van der Waals surface area contributed by atoms with Gasteiger partial charge in [-0.25, -0.2) is 0 Å². The fourth-order valence-corrected chi connectivity index (χ4v) is 3.92. The highest BCUT2D eigenvalue weighted by Gasteiger charge is 2.12. The molecule has 3 aromatic carbocycles. The van der Waals surface area contributed by atoms with Gasteiger partial charge < -0.3 is 10.6 Å². The Morgan fingerprint density at radius 3 is 2.34 bits per heavy atom. The summed E-state index contributed by atoms with van der Waals surface area (Å²) in [7, 11) is 0. The molecule has 29 heavy (non-hydrogen) atoms. The molecular formula is C21H15Cl3N4S. The van der Waals surface area contributed by atoms with Crippen LogP contribution in [0.25, 0.3) is 10.8 Å². The average molecular weight is 462 g/mol. The van der Waals surface area contributed by atoms with Gasteiger partial charge in [-0.2, -0.15) is 5.10 Å². The number of hydrogen-bond acceptors (Lipinski definition) is 2. The summed E-state index contributed by atoms with van der Waals surface area (Å²) < 4.78 is 1.66. The molecule has 0 spiro atoms. The van der Waals surface area contributed by atoms with Crippen LogP contribution in [0.15, 0.2) is 66.9 Å². The van der Waals surface area contributed by atoms with Gasteiger partial charge in [0.2, 0.25) is 0 Å². The van der Waals surface area contributed by atoms with E-state index in [1.165, 1.54) is 0 Å². The van der Waals surface area contributed by atoms with Crippen LogP contribution >= 0.6 is 47.0 Å². The van der Waals surface area contributed by atoms with Crippen LogP contribution in [0.5, 0.6) is 0 Å². The van der Waals surface area contributed by atoms with Gasteiger partial charge in [0.15, 0.2) is 10.9 Å². The first-order valence-corrected chi connectivity index (χ1v) is 10.3. The molecular weight excluding hydrogens is 447 g/mol. The zero-order chi connectivity index (χ0) is 20.4. The molecule has 0 radical (unpaired) electrons. The Morgan fingerprint density at radius 2 is 1.55 bits per heavy atom. The van der Waals surface area contributed by atoms with E-state index in [0.717, 1.165) is 22.0 Å². The number of anilines is 2. The van der Waals surface area contributed by atoms with Gasteiger partial charge in [0.1, 0.15) is 5.02 Å². The third-order valence-electron chi connectivity index (χ3n) is 4.37. The van der Waals surface area contributed by atoms with Crippen molar-refractivity contribution in [3.63, 3.8) is 0 Å². The third-order valence-corrected chi connectivity index (χ3v) is 5.56. The van der Waals surface area contributed by atoms with Crippen molar-refractivity contribution in [2.75, 3.05) is 10.6 Å². The van der Waals surface area contributed by atoms with E-state index < -0.39 is 0 Å². The van der Waals surface area contributed by atoms with E-state index in [0.29, 0.717) is 32.5 Å². The van der Waals surface area contributed by atoms with Gasteiger partial charge in [-0.05, 0) is 35.8 Å². The van der Waals surface area contributed by atoms with E-state index in [-0.39, 0.29) is 0 Å². The van der Waals surface area contributed by atoms with Crippen molar-refractivity contribution in [1.29, 1.82) is 0 Å². The highest BCUT2D eigenvalue weighted by molar-refractivity contribution is 7.80. The van der Waals surface area contributed by atoms with Gasteiger partial charge in [0.25, 0.3) is 0 Å². The van der Waals surface area contributed by atoms with Crippen molar-refractivity contribution in [1.82, 2.24) is 9.78 Å². The van der Waals surface area contributed by atoms with E-state index >= 15 is 0 Å². The summed E-state index contributed by atoms with van der Waals surface area (Å²) in [6.45, 7) is 0.392. The first-order chi connectivity index (χ1) is 14.0. The second kappa shape index (κ2) is 8.59. The number of nitrogens with zero attached hydrogens (tertiary/aromatic N) is 2. The van der Waals surface area contributed by atoms with E-state index in [4.69, 9.17) is 47.0 Å². The highest BCUT2D eigenvalue weighted by Crippen LogP contribution is 2.27. The van der Waals surface area contributed by atoms with Gasteiger partial charge in [0, 0.05) is 32.9 Å². The minimum atomic E-state index is 0.392. The second-order valence-corrected chi connectivity index (χ2v) is 7.96. The van der Waals surface area contributed by atoms with E-state index in [1.54, 1.807) is 29.1 Å². The largest absolute Gasteiger partial charge is 0.332 e. The maximum Gasteiger partial charge on any atom is 0.176 e. The van der Waals surface area contributed by atoms with Gasteiger partial charge in [0.05, 0.1) is 6.54 Å². The lowest BCUT2D eigenvalue weighted by Crippen LogP contribution is -2.20. The van der Waals surface area contributed by atoms with E-state index in [2.05, 4.69) is 27.9 Å². The average Bonchev–Trinajstić information content (AvgIpc) is 3.04. The molecule has 0 aliphatic carbocycles. The van der Waals surface area contributed by atoms with Crippen LogP contribution in [0.3, 0.4) is 0 Å². The van der Waals surface area contributed by atoms with Crippen LogP contribution in [0.2, 0.25) is 15.1 Å². The SMILES string of the molecule is S=C(Nc1nn(Cc2c(Cl)cccc2Cl)cc1Cl)Nc1cccc2ccccc12. The monoisotopic (exact) mass is 460 g/mol. The number of nitrogens with one attached hydrogen (secondary N) is 2. The number of thiocarbonyl (C=S) groups is 1. The van der Waals surface area contributed by atoms with Gasteiger partial charge in [-0.15, -0.1) is 0 Å². The molecule has 0 saturated carbocycles. The molecule has 1 aromatic heterocycles. The van der Waals surface area contributed by atoms with Crippen molar-refractivity contribution >= 4 is 74.4 Å². The van der Waals surface area contributed by atoms with Gasteiger partial charge >= 0.3 is 0 Å². The number of fused-ring (bicyclic) bond motifs is 1. The highest BCUT2D eigenvalue weighted by atomic mass is 35.5. The van der Waals surface area contributed by atoms with Crippen molar-refractivity contribution in [2.45, 2.75) is 6.54 Å². The fraction of sp³-hybridized carbons (Fsp3) is 0.0476. The molecule has 2 N–H and O–H groups in total. The van der Waals surface area contributed by atoms with Crippen LogP contribution in [-0.4, -0.2) is 14.9 Å². The number of rotatable bonds is 4. The van der Waals surface area contributed by atoms with Crippen LogP contribution in [-0.2, 0) is 6.54 Å². The predicted octanol–water partition coefficient (Wildman–Crippen LogP) is 6.85. The zero-order valence-corrected chi connectivity index (χ0v) is 18.1. The quantitative estimate of drug-likeness (QED) is 0.326. The normalized spacial score (nSPS) is 10.9. The minimum Gasteiger partial charge on any atom is -0.332 e. The number of halogens is 3. The number of benzene rings is 3. The molecule has 0 aliphatic rings. The molecule has 0 amide bonds. The molecule has 0 aliphatic heterocycles. The first kappa shape index (κ1) is 20.0. The maximum atomic E-state index is 6.33. The summed E-state index contributed by atoms with van der Waals surface area (Å²) >= 11 is 24.3. The zero-order valence-electron chi connectivity index (χ0n) is 15.0. The van der Waals surface area contributed by atoms with Crippen molar-refractivity contribution < 1.29 is 0 Å². The lowest BCUT2D eigenvalue weighted by Gasteiger charge is -2.11. The van der Waals surface area contributed by atoms with Crippen LogP contribution in [0.1, 0.15) is 5.56 Å². The van der Waals surface area contributed by atoms with Crippen LogP contribution < -0.4 is 10.6 Å². The first-order valence-electron chi connectivity index (χ1n) is 8.73. The van der Waals surface area contributed by atoms with Crippen LogP contribution in [0, 0.1) is 0 Å². The molecule has 4 aromatic rings. The standard InChI is InChI=1S/C21H15Cl3N4S/c22-16-8-4-9-17(23)15(16)11-28-12-18(24)20(27-28)26-21(29)25-19-10-3-6-13-5-1-2-7-14(13)19/h1-10,12H,11H2,(H2,25,26,27,29). The molecule has 0 fully saturated rings. The molecule has 4 nitrogen and oxygen atoms in total. The molecule has 0 unspecified atom stereocenters. The minimum absolute atomic E-state index is 0.392. The second-order valence-electron chi connectivity index (χ2n) is 6.33. The summed E-state index contributed by atoms with van der Waals surface area (Å²) in [5, 5.41) is 14.9. The van der Waals surface area contributed by atoms with Gasteiger partial charge in [-0.3, -0.25) is 4.68 Å².